The summed E-state index contributed by atoms with van der Waals surface area (Å²) in [4.78, 5) is 18.2. The molecule has 2 aromatic carbocycles. The molecule has 0 bridgehead atoms. The fourth-order valence-electron chi connectivity index (χ4n) is 5.71. The Morgan fingerprint density at radius 1 is 0.936 bits per heavy atom. The molecule has 248 valence electrons. The number of benzene rings is 2. The van der Waals surface area contributed by atoms with Crippen molar-refractivity contribution in [3.63, 3.8) is 0 Å². The summed E-state index contributed by atoms with van der Waals surface area (Å²) >= 11 is 0. The molecule has 0 unspecified atom stereocenters. The number of hydrogen-bond acceptors (Lipinski definition) is 11. The molecule has 1 fully saturated rings. The Balaban J connectivity index is 1.35. The number of nitrogens with one attached hydrogen (secondary N) is 2. The first kappa shape index (κ1) is 32.7. The normalized spacial score (nSPS) is 20.1. The maximum absolute atomic E-state index is 12.7. The van der Waals surface area contributed by atoms with Crippen LogP contribution in [-0.4, -0.2) is 77.4 Å². The van der Waals surface area contributed by atoms with E-state index in [-0.39, 0.29) is 35.8 Å². The summed E-state index contributed by atoms with van der Waals surface area (Å²) in [7, 11) is -3.60. The topological polar surface area (TPSA) is 182 Å². The highest BCUT2D eigenvalue weighted by Crippen LogP contribution is 2.39. The zero-order chi connectivity index (χ0) is 33.1. The third-order valence-electron chi connectivity index (χ3n) is 7.99. The molecule has 5 aromatic rings. The predicted octanol–water partition coefficient (Wildman–Crippen LogP) is 2.75. The van der Waals surface area contributed by atoms with Crippen LogP contribution in [0, 0.1) is 5.92 Å². The number of aliphatic hydroxyl groups is 2. The number of sulfonamides is 1. The molecule has 47 heavy (non-hydrogen) atoms. The van der Waals surface area contributed by atoms with E-state index < -0.39 is 34.6 Å². The second-order valence-corrected chi connectivity index (χ2v) is 13.8. The number of aryl methyl sites for hydroxylation is 1. The van der Waals surface area contributed by atoms with Gasteiger partial charge in [0, 0.05) is 19.0 Å². The van der Waals surface area contributed by atoms with Gasteiger partial charge in [0.25, 0.3) is 0 Å². The van der Waals surface area contributed by atoms with Crippen LogP contribution in [0.1, 0.15) is 61.8 Å². The fraction of sp³-hybridized carbons (Fsp3) is 0.406. The number of fused-ring (bicyclic) bond motifs is 1. The molecule has 4 N–H and O–H groups in total. The molecule has 0 saturated carbocycles. The Morgan fingerprint density at radius 2 is 1.62 bits per heavy atom. The summed E-state index contributed by atoms with van der Waals surface area (Å²) in [5.74, 6) is 0.673. The Morgan fingerprint density at radius 3 is 2.23 bits per heavy atom. The minimum atomic E-state index is -3.60. The first-order valence-electron chi connectivity index (χ1n) is 15.6. The summed E-state index contributed by atoms with van der Waals surface area (Å²) in [5.41, 5.74) is 2.89. The van der Waals surface area contributed by atoms with Gasteiger partial charge in [-0.25, -0.2) is 33.1 Å². The molecule has 1 saturated heterocycles. The van der Waals surface area contributed by atoms with Gasteiger partial charge < -0.3 is 20.3 Å². The molecular weight excluding hydrogens is 622 g/mol. The van der Waals surface area contributed by atoms with Crippen LogP contribution in [0.15, 0.2) is 73.3 Å². The largest absolute Gasteiger partial charge is 0.387 e. The highest BCUT2D eigenvalue weighted by atomic mass is 32.2. The van der Waals surface area contributed by atoms with Crippen LogP contribution in [0.5, 0.6) is 0 Å². The highest BCUT2D eigenvalue weighted by Gasteiger charge is 2.47. The summed E-state index contributed by atoms with van der Waals surface area (Å²) < 4.78 is 37.2. The smallest absolute Gasteiger partial charge is 0.212 e. The molecule has 0 spiro atoms. The second kappa shape index (κ2) is 13.8. The zero-order valence-electron chi connectivity index (χ0n) is 26.4. The van der Waals surface area contributed by atoms with Gasteiger partial charge in [0.2, 0.25) is 10.0 Å². The third kappa shape index (κ3) is 7.18. The van der Waals surface area contributed by atoms with Gasteiger partial charge in [-0.2, -0.15) is 5.10 Å². The van der Waals surface area contributed by atoms with Crippen LogP contribution in [0.2, 0.25) is 0 Å². The number of nitrogens with zero attached hydrogens (tertiary/aromatic N) is 7. The molecular formula is C32H39N9O5S. The van der Waals surface area contributed by atoms with Crippen LogP contribution in [0.4, 0.5) is 5.82 Å². The van der Waals surface area contributed by atoms with Gasteiger partial charge in [-0.1, -0.05) is 74.5 Å². The molecule has 0 amide bonds. The molecule has 0 radical (unpaired) electrons. The molecule has 4 atom stereocenters. The van der Waals surface area contributed by atoms with E-state index in [4.69, 9.17) is 9.72 Å². The number of rotatable bonds is 13. The van der Waals surface area contributed by atoms with Crippen molar-refractivity contribution in [3.8, 4) is 0 Å². The van der Waals surface area contributed by atoms with Gasteiger partial charge in [0.15, 0.2) is 35.1 Å². The SMILES string of the molecule is CCn1cnc([C@H]2O[C@@H](n3cnc4c(NCC(c5ccccc5)c5ccccc5)nc(CNS(=O)(=O)CC(C)C)nc43)[C@@H](O)[C@@H]2O)n1. The molecule has 3 aromatic heterocycles. The van der Waals surface area contributed by atoms with Crippen molar-refractivity contribution in [3.05, 3.63) is 96.1 Å². The Bertz CT molecular complexity index is 1860. The zero-order valence-corrected chi connectivity index (χ0v) is 27.2. The fourth-order valence-corrected chi connectivity index (χ4v) is 7.06. The Kier molecular flexibility index (Phi) is 9.61. The minimum absolute atomic E-state index is 0.0381. The summed E-state index contributed by atoms with van der Waals surface area (Å²) in [6, 6.07) is 20.2. The maximum atomic E-state index is 12.7. The van der Waals surface area contributed by atoms with Gasteiger partial charge in [0.05, 0.1) is 18.6 Å². The lowest BCUT2D eigenvalue weighted by atomic mass is 9.91. The summed E-state index contributed by atoms with van der Waals surface area (Å²) in [6.45, 7) is 6.43. The first-order valence-corrected chi connectivity index (χ1v) is 17.2. The van der Waals surface area contributed by atoms with Crippen LogP contribution in [0.25, 0.3) is 11.2 Å². The van der Waals surface area contributed by atoms with E-state index in [1.807, 2.05) is 57.2 Å². The van der Waals surface area contributed by atoms with Crippen molar-refractivity contribution < 1.29 is 23.4 Å². The second-order valence-electron chi connectivity index (χ2n) is 12.0. The number of aliphatic hydroxyl groups excluding tert-OH is 2. The summed E-state index contributed by atoms with van der Waals surface area (Å²) in [6.07, 6.45) is -1.74. The van der Waals surface area contributed by atoms with Gasteiger partial charge in [-0.3, -0.25) is 9.25 Å². The summed E-state index contributed by atoms with van der Waals surface area (Å²) in [5, 5.41) is 29.8. The monoisotopic (exact) mass is 661 g/mol. The lowest BCUT2D eigenvalue weighted by Crippen LogP contribution is -2.30. The Labute approximate surface area is 272 Å². The van der Waals surface area contributed by atoms with Crippen LogP contribution >= 0.6 is 0 Å². The van der Waals surface area contributed by atoms with Crippen LogP contribution in [0.3, 0.4) is 0 Å². The molecule has 14 nitrogen and oxygen atoms in total. The standard InChI is InChI=1S/C32H39N9O5S/c1-4-40-18-35-30(39-40)28-26(42)27(43)32(46-28)41-19-34-25-29(37-24(38-31(25)41)16-36-47(44,45)17-20(2)3)33-15-23(21-11-7-5-8-12-21)22-13-9-6-10-14-22/h5-14,18-20,23,26-28,32,36,42-43H,4,15-17H2,1-3H3,(H,33,37,38)/t26-,27-,28-,32+/m0/s1. The average molecular weight is 662 g/mol. The lowest BCUT2D eigenvalue weighted by molar-refractivity contribution is -0.0384. The van der Waals surface area contributed by atoms with Crippen molar-refractivity contribution in [1.29, 1.82) is 0 Å². The molecule has 0 aliphatic carbocycles. The number of anilines is 1. The number of hydrogen-bond donors (Lipinski definition) is 4. The minimum Gasteiger partial charge on any atom is -0.387 e. The number of imidazole rings is 1. The van der Waals surface area contributed by atoms with Gasteiger partial charge in [0.1, 0.15) is 24.4 Å². The van der Waals surface area contributed by atoms with Gasteiger partial charge in [-0.15, -0.1) is 0 Å². The van der Waals surface area contributed by atoms with Gasteiger partial charge >= 0.3 is 0 Å². The van der Waals surface area contributed by atoms with E-state index in [2.05, 4.69) is 54.4 Å². The third-order valence-corrected chi connectivity index (χ3v) is 9.68. The van der Waals surface area contributed by atoms with E-state index in [1.54, 1.807) is 4.68 Å². The molecule has 1 aliphatic rings. The molecule has 15 heteroatoms. The molecule has 1 aliphatic heterocycles. The first-order chi connectivity index (χ1) is 22.6. The number of ether oxygens (including phenoxy) is 1. The van der Waals surface area contributed by atoms with Crippen molar-refractivity contribution in [2.45, 2.75) is 64.3 Å². The van der Waals surface area contributed by atoms with Crippen molar-refractivity contribution in [2.24, 2.45) is 5.92 Å². The number of aromatic nitrogens is 7. The lowest BCUT2D eigenvalue weighted by Gasteiger charge is -2.20. The maximum Gasteiger partial charge on any atom is 0.212 e. The van der Waals surface area contributed by atoms with Crippen molar-refractivity contribution in [2.75, 3.05) is 17.6 Å². The van der Waals surface area contributed by atoms with Crippen molar-refractivity contribution >= 4 is 27.0 Å². The van der Waals surface area contributed by atoms with Crippen LogP contribution in [-0.2, 0) is 27.8 Å². The average Bonchev–Trinajstić information content (AvgIpc) is 3.78. The van der Waals surface area contributed by atoms with E-state index in [9.17, 15) is 18.6 Å². The van der Waals surface area contributed by atoms with Crippen molar-refractivity contribution in [1.82, 2.24) is 39.0 Å². The van der Waals surface area contributed by atoms with Gasteiger partial charge in [-0.05, 0) is 24.0 Å². The van der Waals surface area contributed by atoms with E-state index in [0.717, 1.165) is 11.1 Å². The Hall–Kier alpha value is -4.28. The van der Waals surface area contributed by atoms with E-state index in [0.29, 0.717) is 30.1 Å². The van der Waals surface area contributed by atoms with Crippen LogP contribution < -0.4 is 10.0 Å². The molecule has 4 heterocycles. The predicted molar refractivity (Wildman–Crippen MR) is 175 cm³/mol. The quantitative estimate of drug-likeness (QED) is 0.146. The highest BCUT2D eigenvalue weighted by molar-refractivity contribution is 7.89. The van der Waals surface area contributed by atoms with E-state index in [1.165, 1.54) is 17.2 Å². The van der Waals surface area contributed by atoms with E-state index >= 15 is 0 Å². The molecule has 6 rings (SSSR count).